The number of fused-ring (bicyclic) bond motifs is 1. The van der Waals surface area contributed by atoms with Crippen molar-refractivity contribution in [2.24, 2.45) is 4.99 Å². The summed E-state index contributed by atoms with van der Waals surface area (Å²) in [6.45, 7) is 1.27. The third-order valence-corrected chi connectivity index (χ3v) is 2.08. The van der Waals surface area contributed by atoms with E-state index in [-0.39, 0.29) is 6.04 Å². The van der Waals surface area contributed by atoms with E-state index in [0.29, 0.717) is 18.2 Å². The molecule has 4 nitrogen and oxygen atoms in total. The average molecular weight is 153 g/mol. The van der Waals surface area contributed by atoms with Gasteiger partial charge in [-0.1, -0.05) is 6.08 Å². The lowest BCUT2D eigenvalue weighted by atomic mass is 10.1. The molecule has 0 aromatic carbocycles. The fourth-order valence-corrected chi connectivity index (χ4v) is 1.46. The molecule has 2 atom stereocenters. The van der Waals surface area contributed by atoms with E-state index in [1.165, 1.54) is 0 Å². The summed E-state index contributed by atoms with van der Waals surface area (Å²) >= 11 is 0. The molecule has 11 heavy (non-hydrogen) atoms. The summed E-state index contributed by atoms with van der Waals surface area (Å²) in [4.78, 5) is 4.24. The van der Waals surface area contributed by atoms with Gasteiger partial charge in [0, 0.05) is 6.42 Å². The van der Waals surface area contributed by atoms with E-state index in [2.05, 4.69) is 10.3 Å². The molecule has 60 valence electrons. The van der Waals surface area contributed by atoms with E-state index in [1.54, 1.807) is 0 Å². The van der Waals surface area contributed by atoms with Gasteiger partial charge in [-0.05, 0) is 6.20 Å². The standard InChI is InChI=1S/C7H11N3O/c11-10-5-4-9-7-6(10)2-1-3-8-7/h1,3,6,10H,2,4-5H2,(H,8,9). The van der Waals surface area contributed by atoms with Crippen LogP contribution in [0.1, 0.15) is 6.42 Å². The maximum atomic E-state index is 11.3. The van der Waals surface area contributed by atoms with Crippen molar-refractivity contribution < 1.29 is 5.06 Å². The molecule has 2 N–H and O–H groups in total. The monoisotopic (exact) mass is 153 g/mol. The van der Waals surface area contributed by atoms with Crippen LogP contribution in [-0.4, -0.2) is 25.0 Å². The van der Waals surface area contributed by atoms with Crippen molar-refractivity contribution in [2.75, 3.05) is 13.1 Å². The van der Waals surface area contributed by atoms with Crippen molar-refractivity contribution in [1.82, 2.24) is 5.32 Å². The van der Waals surface area contributed by atoms with Crippen molar-refractivity contribution in [3.05, 3.63) is 17.5 Å². The molecule has 0 amide bonds. The fraction of sp³-hybridized carbons (Fsp3) is 0.571. The van der Waals surface area contributed by atoms with E-state index < -0.39 is 0 Å². The number of nitrogens with zero attached hydrogens (tertiary/aromatic N) is 1. The highest BCUT2D eigenvalue weighted by Crippen LogP contribution is 2.00. The van der Waals surface area contributed by atoms with Crippen molar-refractivity contribution in [1.29, 1.82) is 0 Å². The highest BCUT2D eigenvalue weighted by atomic mass is 16.5. The van der Waals surface area contributed by atoms with Crippen LogP contribution in [-0.2, 0) is 0 Å². The first kappa shape index (κ1) is 6.82. The van der Waals surface area contributed by atoms with Crippen molar-refractivity contribution in [2.45, 2.75) is 12.5 Å². The Kier molecular flexibility index (Phi) is 1.63. The lowest BCUT2D eigenvalue weighted by Gasteiger charge is -2.35. The minimum Gasteiger partial charge on any atom is -0.634 e. The minimum atomic E-state index is 0.0359. The molecule has 0 saturated carbocycles. The zero-order valence-corrected chi connectivity index (χ0v) is 6.21. The van der Waals surface area contributed by atoms with Gasteiger partial charge in [0.1, 0.15) is 6.04 Å². The number of hydrogen-bond donors (Lipinski definition) is 2. The van der Waals surface area contributed by atoms with Crippen LogP contribution in [0.25, 0.3) is 0 Å². The van der Waals surface area contributed by atoms with Gasteiger partial charge < -0.3 is 15.6 Å². The number of quaternary nitrogens is 1. The lowest BCUT2D eigenvalue weighted by molar-refractivity contribution is -0.864. The van der Waals surface area contributed by atoms with E-state index in [9.17, 15) is 5.21 Å². The number of aliphatic imine (C=N–C) groups is 1. The molecule has 2 heterocycles. The Morgan fingerprint density at radius 2 is 2.64 bits per heavy atom. The summed E-state index contributed by atoms with van der Waals surface area (Å²) in [6, 6.07) is 0.0359. The zero-order valence-electron chi connectivity index (χ0n) is 6.21. The molecular formula is C7H11N3O. The van der Waals surface area contributed by atoms with Gasteiger partial charge in [0.25, 0.3) is 0 Å². The van der Waals surface area contributed by atoms with Crippen LogP contribution in [0.3, 0.4) is 0 Å². The molecule has 2 aliphatic rings. The first-order chi connectivity index (χ1) is 5.38. The molecule has 0 aliphatic carbocycles. The van der Waals surface area contributed by atoms with Crippen LogP contribution in [0, 0.1) is 5.21 Å². The average Bonchev–Trinajstić information content (AvgIpc) is 2.06. The highest BCUT2D eigenvalue weighted by Gasteiger charge is 2.25. The quantitative estimate of drug-likeness (QED) is 0.423. The summed E-state index contributed by atoms with van der Waals surface area (Å²) in [5, 5.41) is 14.6. The van der Waals surface area contributed by atoms with Crippen molar-refractivity contribution in [3.63, 3.8) is 0 Å². The summed E-state index contributed by atoms with van der Waals surface area (Å²) in [7, 11) is 0. The Bertz CT molecular complexity index is 212. The predicted octanol–water partition coefficient (Wildman–Crippen LogP) is -1.34. The van der Waals surface area contributed by atoms with E-state index in [1.807, 2.05) is 12.3 Å². The normalized spacial score (nSPS) is 35.5. The first-order valence-electron chi connectivity index (χ1n) is 3.86. The van der Waals surface area contributed by atoms with E-state index in [0.717, 1.165) is 12.3 Å². The van der Waals surface area contributed by atoms with Gasteiger partial charge in [-0.3, -0.25) is 4.99 Å². The van der Waals surface area contributed by atoms with Gasteiger partial charge in [0.15, 0.2) is 5.84 Å². The smallest absolute Gasteiger partial charge is 0.160 e. The molecule has 2 aliphatic heterocycles. The van der Waals surface area contributed by atoms with Crippen molar-refractivity contribution in [3.8, 4) is 0 Å². The molecule has 0 saturated heterocycles. The largest absolute Gasteiger partial charge is 0.634 e. The van der Waals surface area contributed by atoms with Crippen molar-refractivity contribution >= 4 is 5.84 Å². The Hall–Kier alpha value is -0.870. The number of amidine groups is 1. The molecule has 2 rings (SSSR count). The molecule has 2 unspecified atom stereocenters. The van der Waals surface area contributed by atoms with Gasteiger partial charge in [-0.25, -0.2) is 0 Å². The topological polar surface area (TPSA) is 51.9 Å². The summed E-state index contributed by atoms with van der Waals surface area (Å²) < 4.78 is 0. The molecule has 0 radical (unpaired) electrons. The molecule has 0 spiro atoms. The summed E-state index contributed by atoms with van der Waals surface area (Å²) in [5.74, 6) is 0.865. The van der Waals surface area contributed by atoms with Crippen LogP contribution >= 0.6 is 0 Å². The second kappa shape index (κ2) is 2.64. The predicted molar refractivity (Wildman–Crippen MR) is 42.2 cm³/mol. The Morgan fingerprint density at radius 3 is 3.45 bits per heavy atom. The van der Waals surface area contributed by atoms with E-state index in [4.69, 9.17) is 0 Å². The Labute approximate surface area is 65.2 Å². The Balaban J connectivity index is 2.21. The van der Waals surface area contributed by atoms with Crippen LogP contribution < -0.4 is 10.4 Å². The molecule has 0 aromatic heterocycles. The van der Waals surface area contributed by atoms with Gasteiger partial charge in [-0.2, -0.15) is 0 Å². The molecule has 0 bridgehead atoms. The van der Waals surface area contributed by atoms with Crippen LogP contribution in [0.2, 0.25) is 0 Å². The number of nitrogens with one attached hydrogen (secondary N) is 2. The number of rotatable bonds is 0. The SMILES string of the molecule is [O-][NH+]1CCN=C2NC=CCC21. The summed E-state index contributed by atoms with van der Waals surface area (Å²) in [5.41, 5.74) is 0. The molecule has 4 heteroatoms. The Morgan fingerprint density at radius 1 is 1.73 bits per heavy atom. The number of hydroxylamine groups is 2. The molecular weight excluding hydrogens is 142 g/mol. The number of hydrogen-bond acceptors (Lipinski definition) is 3. The van der Waals surface area contributed by atoms with Gasteiger partial charge in [0.2, 0.25) is 0 Å². The third-order valence-electron chi connectivity index (χ3n) is 2.08. The van der Waals surface area contributed by atoms with Gasteiger partial charge in [0.05, 0.1) is 13.1 Å². The maximum Gasteiger partial charge on any atom is 0.160 e. The second-order valence-corrected chi connectivity index (χ2v) is 2.82. The summed E-state index contributed by atoms with van der Waals surface area (Å²) in [6.07, 6.45) is 4.66. The second-order valence-electron chi connectivity index (χ2n) is 2.82. The third kappa shape index (κ3) is 1.15. The minimum absolute atomic E-state index is 0.0359. The van der Waals surface area contributed by atoms with Crippen LogP contribution in [0.15, 0.2) is 17.3 Å². The van der Waals surface area contributed by atoms with Gasteiger partial charge >= 0.3 is 0 Å². The van der Waals surface area contributed by atoms with Crippen LogP contribution in [0.5, 0.6) is 0 Å². The van der Waals surface area contributed by atoms with Gasteiger partial charge in [-0.15, -0.1) is 0 Å². The zero-order chi connectivity index (χ0) is 7.68. The first-order valence-corrected chi connectivity index (χ1v) is 3.86. The molecule has 0 fully saturated rings. The highest BCUT2D eigenvalue weighted by molar-refractivity contribution is 5.88. The maximum absolute atomic E-state index is 11.3. The lowest BCUT2D eigenvalue weighted by Crippen LogP contribution is -3.14. The fourth-order valence-electron chi connectivity index (χ4n) is 1.46. The van der Waals surface area contributed by atoms with Crippen LogP contribution in [0.4, 0.5) is 0 Å². The molecule has 0 aromatic rings. The van der Waals surface area contributed by atoms with E-state index >= 15 is 0 Å².